The Kier molecular flexibility index (Phi) is 5.64. The van der Waals surface area contributed by atoms with Crippen LogP contribution in [0.25, 0.3) is 0 Å². The molecule has 12 heavy (non-hydrogen) atoms. The average Bonchev–Trinajstić information content (AvgIpc) is 2.13. The summed E-state index contributed by atoms with van der Waals surface area (Å²) in [5, 5.41) is 0. The van der Waals surface area contributed by atoms with Crippen LogP contribution in [-0.2, 0) is 0 Å². The Hall–Kier alpha value is -0.630. The highest BCUT2D eigenvalue weighted by Crippen LogP contribution is 2.13. The van der Waals surface area contributed by atoms with Gasteiger partial charge in [0.2, 0.25) is 0 Å². The SMILES string of the molecule is CC.Cc1ccc(NS)cc1C. The quantitative estimate of drug-likeness (QED) is 0.634. The Balaban J connectivity index is 0.000000561. The van der Waals surface area contributed by atoms with E-state index in [1.54, 1.807) is 0 Å². The van der Waals surface area contributed by atoms with Crippen LogP contribution in [0.4, 0.5) is 5.69 Å². The first-order valence-corrected chi connectivity index (χ1v) is 4.66. The molecule has 1 N–H and O–H groups in total. The van der Waals surface area contributed by atoms with Crippen molar-refractivity contribution >= 4 is 18.5 Å². The molecule has 1 rings (SSSR count). The molecule has 0 unspecified atom stereocenters. The summed E-state index contributed by atoms with van der Waals surface area (Å²) < 4.78 is 2.79. The minimum atomic E-state index is 1.05. The van der Waals surface area contributed by atoms with Crippen LogP contribution in [0.3, 0.4) is 0 Å². The number of nitrogens with one attached hydrogen (secondary N) is 1. The molecule has 0 radical (unpaired) electrons. The number of hydrogen-bond donors (Lipinski definition) is 2. The van der Waals surface area contributed by atoms with Crippen LogP contribution in [0.1, 0.15) is 25.0 Å². The number of benzene rings is 1. The van der Waals surface area contributed by atoms with E-state index in [1.165, 1.54) is 11.1 Å². The number of thiol groups is 1. The van der Waals surface area contributed by atoms with Crippen LogP contribution >= 0.6 is 12.8 Å². The average molecular weight is 183 g/mol. The van der Waals surface area contributed by atoms with E-state index in [1.807, 2.05) is 19.9 Å². The van der Waals surface area contributed by atoms with Gasteiger partial charge in [-0.25, -0.2) is 0 Å². The van der Waals surface area contributed by atoms with E-state index in [0.29, 0.717) is 0 Å². The molecular weight excluding hydrogens is 166 g/mol. The van der Waals surface area contributed by atoms with Gasteiger partial charge in [0.25, 0.3) is 0 Å². The summed E-state index contributed by atoms with van der Waals surface area (Å²) >= 11 is 3.94. The van der Waals surface area contributed by atoms with E-state index in [9.17, 15) is 0 Å². The molecule has 0 fully saturated rings. The van der Waals surface area contributed by atoms with E-state index < -0.39 is 0 Å². The first-order valence-electron chi connectivity index (χ1n) is 4.21. The zero-order chi connectivity index (χ0) is 9.56. The lowest BCUT2D eigenvalue weighted by Crippen LogP contribution is -1.83. The highest BCUT2D eigenvalue weighted by atomic mass is 32.1. The Labute approximate surface area is 80.7 Å². The maximum Gasteiger partial charge on any atom is 0.0440 e. The van der Waals surface area contributed by atoms with E-state index in [2.05, 4.69) is 43.5 Å². The third-order valence-electron chi connectivity index (χ3n) is 1.64. The maximum atomic E-state index is 3.94. The fraction of sp³-hybridized carbons (Fsp3) is 0.400. The first kappa shape index (κ1) is 11.4. The van der Waals surface area contributed by atoms with Gasteiger partial charge >= 0.3 is 0 Å². The highest BCUT2D eigenvalue weighted by Gasteiger charge is 1.92. The van der Waals surface area contributed by atoms with Crippen LogP contribution < -0.4 is 4.72 Å². The van der Waals surface area contributed by atoms with Gasteiger partial charge in [0, 0.05) is 5.69 Å². The predicted molar refractivity (Wildman–Crippen MR) is 59.9 cm³/mol. The van der Waals surface area contributed by atoms with Crippen molar-refractivity contribution in [2.45, 2.75) is 27.7 Å². The normalized spacial score (nSPS) is 8.42. The Bertz CT molecular complexity index is 233. The standard InChI is InChI=1S/C8H11NS.C2H6/c1-6-3-4-8(9-10)5-7(6)2;1-2/h3-5,9-10H,1-2H3;1-2H3. The number of hydrogen-bond acceptors (Lipinski definition) is 2. The van der Waals surface area contributed by atoms with E-state index in [0.717, 1.165) is 5.69 Å². The molecule has 0 amide bonds. The molecule has 0 aliphatic carbocycles. The van der Waals surface area contributed by atoms with Crippen molar-refractivity contribution < 1.29 is 0 Å². The predicted octanol–water partition coefficient (Wildman–Crippen LogP) is 3.59. The van der Waals surface area contributed by atoms with Crippen LogP contribution in [-0.4, -0.2) is 0 Å². The van der Waals surface area contributed by atoms with Gasteiger partial charge in [-0.15, -0.1) is 0 Å². The molecule has 1 aromatic carbocycles. The summed E-state index contributed by atoms with van der Waals surface area (Å²) in [4.78, 5) is 0. The van der Waals surface area contributed by atoms with Crippen LogP contribution in [0.15, 0.2) is 18.2 Å². The molecule has 0 heterocycles. The fourth-order valence-corrected chi connectivity index (χ4v) is 0.950. The third kappa shape index (κ3) is 3.18. The van der Waals surface area contributed by atoms with Gasteiger partial charge in [-0.2, -0.15) is 0 Å². The summed E-state index contributed by atoms with van der Waals surface area (Å²) in [5.41, 5.74) is 3.65. The minimum Gasteiger partial charge on any atom is -0.332 e. The van der Waals surface area contributed by atoms with E-state index in [-0.39, 0.29) is 0 Å². The molecule has 1 aromatic rings. The second-order valence-electron chi connectivity index (χ2n) is 2.41. The molecule has 2 heteroatoms. The van der Waals surface area contributed by atoms with E-state index >= 15 is 0 Å². The van der Waals surface area contributed by atoms with E-state index in [4.69, 9.17) is 0 Å². The summed E-state index contributed by atoms with van der Waals surface area (Å²) in [6.45, 7) is 8.18. The summed E-state index contributed by atoms with van der Waals surface area (Å²) in [7, 11) is 0. The van der Waals surface area contributed by atoms with Gasteiger partial charge in [-0.3, -0.25) is 0 Å². The van der Waals surface area contributed by atoms with Gasteiger partial charge in [0.1, 0.15) is 0 Å². The third-order valence-corrected chi connectivity index (χ3v) is 1.89. The number of aryl methyl sites for hydroxylation is 2. The van der Waals surface area contributed by atoms with Crippen molar-refractivity contribution in [2.24, 2.45) is 0 Å². The summed E-state index contributed by atoms with van der Waals surface area (Å²) in [6, 6.07) is 6.16. The zero-order valence-electron chi connectivity index (χ0n) is 8.18. The second-order valence-corrected chi connectivity index (χ2v) is 2.63. The number of anilines is 1. The van der Waals surface area contributed by atoms with Crippen molar-refractivity contribution in [1.82, 2.24) is 0 Å². The van der Waals surface area contributed by atoms with Gasteiger partial charge in [0.15, 0.2) is 0 Å². The molecule has 1 nitrogen and oxygen atoms in total. The van der Waals surface area contributed by atoms with Crippen LogP contribution in [0.5, 0.6) is 0 Å². The molecule has 0 aliphatic heterocycles. The molecule has 0 bridgehead atoms. The van der Waals surface area contributed by atoms with Crippen molar-refractivity contribution in [3.8, 4) is 0 Å². The van der Waals surface area contributed by atoms with Crippen LogP contribution in [0, 0.1) is 13.8 Å². The molecular formula is C10H17NS. The summed E-state index contributed by atoms with van der Waals surface area (Å²) in [5.74, 6) is 0. The fourth-order valence-electron chi connectivity index (χ4n) is 0.811. The molecule has 0 saturated carbocycles. The lowest BCUT2D eigenvalue weighted by Gasteiger charge is -2.02. The highest BCUT2D eigenvalue weighted by molar-refractivity contribution is 7.81. The topological polar surface area (TPSA) is 12.0 Å². The van der Waals surface area contributed by atoms with Gasteiger partial charge in [0.05, 0.1) is 0 Å². The Morgan fingerprint density at radius 3 is 2.08 bits per heavy atom. The Morgan fingerprint density at radius 2 is 1.67 bits per heavy atom. The van der Waals surface area contributed by atoms with Crippen molar-refractivity contribution in [3.63, 3.8) is 0 Å². The minimum absolute atomic E-state index is 1.05. The second kappa shape index (κ2) is 5.95. The summed E-state index contributed by atoms with van der Waals surface area (Å²) in [6.07, 6.45) is 0. The molecule has 0 aliphatic rings. The molecule has 0 aromatic heterocycles. The number of rotatable bonds is 1. The molecule has 0 spiro atoms. The lowest BCUT2D eigenvalue weighted by atomic mass is 10.1. The first-order chi connectivity index (χ1) is 5.74. The zero-order valence-corrected chi connectivity index (χ0v) is 9.07. The van der Waals surface area contributed by atoms with Crippen molar-refractivity contribution in [3.05, 3.63) is 29.3 Å². The molecule has 0 atom stereocenters. The van der Waals surface area contributed by atoms with Gasteiger partial charge in [-0.1, -0.05) is 32.7 Å². The Morgan fingerprint density at radius 1 is 1.08 bits per heavy atom. The molecule has 68 valence electrons. The van der Waals surface area contributed by atoms with Crippen molar-refractivity contribution in [2.75, 3.05) is 4.72 Å². The maximum absolute atomic E-state index is 3.94. The van der Waals surface area contributed by atoms with Crippen molar-refractivity contribution in [1.29, 1.82) is 0 Å². The molecule has 0 saturated heterocycles. The van der Waals surface area contributed by atoms with Crippen LogP contribution in [0.2, 0.25) is 0 Å². The lowest BCUT2D eigenvalue weighted by molar-refractivity contribution is 1.34. The smallest absolute Gasteiger partial charge is 0.0440 e. The van der Waals surface area contributed by atoms with Gasteiger partial charge in [-0.05, 0) is 37.1 Å². The largest absolute Gasteiger partial charge is 0.332 e. The monoisotopic (exact) mass is 183 g/mol. The van der Waals surface area contributed by atoms with Gasteiger partial charge < -0.3 is 4.72 Å².